The molecule has 1 unspecified atom stereocenters. The van der Waals surface area contributed by atoms with E-state index < -0.39 is 6.04 Å². The van der Waals surface area contributed by atoms with Gasteiger partial charge in [-0.3, -0.25) is 9.69 Å². The van der Waals surface area contributed by atoms with Crippen molar-refractivity contribution in [2.45, 2.75) is 39.7 Å². The number of amides is 2. The van der Waals surface area contributed by atoms with Gasteiger partial charge in [0.05, 0.1) is 6.04 Å². The Kier molecular flexibility index (Phi) is 3.96. The second-order valence-corrected chi connectivity index (χ2v) is 7.36. The van der Waals surface area contributed by atoms with Crippen LogP contribution in [0.1, 0.15) is 45.2 Å². The predicted octanol–water partition coefficient (Wildman–Crippen LogP) is 4.07. The standard InChI is InChI=1S/C18H21ClN2O2/c1-4-21-13-9-18(2,3)10-14(22)15(13)16(20-17(21)23)11-7-5-6-8-12(11)19/h5-8,16H,4,9-10H2,1-3H3,(H,20,23). The van der Waals surface area contributed by atoms with Crippen molar-refractivity contribution in [1.29, 1.82) is 0 Å². The molecule has 23 heavy (non-hydrogen) atoms. The van der Waals surface area contributed by atoms with Crippen LogP contribution in [0.15, 0.2) is 35.5 Å². The van der Waals surface area contributed by atoms with Gasteiger partial charge < -0.3 is 5.32 Å². The maximum atomic E-state index is 12.8. The first-order chi connectivity index (χ1) is 10.8. The topological polar surface area (TPSA) is 49.4 Å². The minimum absolute atomic E-state index is 0.0969. The summed E-state index contributed by atoms with van der Waals surface area (Å²) < 4.78 is 0. The van der Waals surface area contributed by atoms with Crippen LogP contribution in [0, 0.1) is 5.41 Å². The fourth-order valence-electron chi connectivity index (χ4n) is 3.54. The third-order valence-corrected chi connectivity index (χ3v) is 4.90. The summed E-state index contributed by atoms with van der Waals surface area (Å²) in [7, 11) is 0. The van der Waals surface area contributed by atoms with Crippen LogP contribution < -0.4 is 5.32 Å². The summed E-state index contributed by atoms with van der Waals surface area (Å²) in [6, 6.07) is 6.74. The lowest BCUT2D eigenvalue weighted by atomic mass is 9.72. The van der Waals surface area contributed by atoms with Gasteiger partial charge in [-0.15, -0.1) is 0 Å². The minimum Gasteiger partial charge on any atom is -0.327 e. The molecule has 3 rings (SSSR count). The zero-order chi connectivity index (χ0) is 16.8. The predicted molar refractivity (Wildman–Crippen MR) is 90.2 cm³/mol. The summed E-state index contributed by atoms with van der Waals surface area (Å²) in [5.74, 6) is 0.0969. The molecule has 1 heterocycles. The third kappa shape index (κ3) is 2.76. The largest absolute Gasteiger partial charge is 0.327 e. The Morgan fingerprint density at radius 1 is 1.26 bits per heavy atom. The molecule has 4 nitrogen and oxygen atoms in total. The van der Waals surface area contributed by atoms with Gasteiger partial charge in [-0.05, 0) is 30.4 Å². The summed E-state index contributed by atoms with van der Waals surface area (Å²) >= 11 is 6.31. The van der Waals surface area contributed by atoms with Gasteiger partial charge in [-0.25, -0.2) is 4.79 Å². The number of urea groups is 1. The van der Waals surface area contributed by atoms with E-state index in [1.165, 1.54) is 0 Å². The van der Waals surface area contributed by atoms with Gasteiger partial charge in [0.1, 0.15) is 0 Å². The van der Waals surface area contributed by atoms with Crippen LogP contribution in [-0.2, 0) is 4.79 Å². The van der Waals surface area contributed by atoms with Crippen molar-refractivity contribution in [2.75, 3.05) is 6.54 Å². The fraction of sp³-hybridized carbons (Fsp3) is 0.444. The average molecular weight is 333 g/mol. The number of halogens is 1. The molecule has 0 bridgehead atoms. The van der Waals surface area contributed by atoms with Crippen molar-refractivity contribution in [3.8, 4) is 0 Å². The number of carbonyl (C=O) groups is 2. The molecule has 1 aromatic rings. The van der Waals surface area contributed by atoms with E-state index in [1.54, 1.807) is 11.0 Å². The van der Waals surface area contributed by atoms with E-state index in [2.05, 4.69) is 19.2 Å². The van der Waals surface area contributed by atoms with Gasteiger partial charge in [-0.2, -0.15) is 0 Å². The third-order valence-electron chi connectivity index (χ3n) is 4.56. The number of nitrogens with zero attached hydrogens (tertiary/aromatic N) is 1. The molecule has 0 fully saturated rings. The highest BCUT2D eigenvalue weighted by molar-refractivity contribution is 6.31. The summed E-state index contributed by atoms with van der Waals surface area (Å²) in [6.45, 7) is 6.61. The second kappa shape index (κ2) is 5.68. The van der Waals surface area contributed by atoms with Gasteiger partial charge in [0.2, 0.25) is 0 Å². The first-order valence-electron chi connectivity index (χ1n) is 7.93. The van der Waals surface area contributed by atoms with E-state index >= 15 is 0 Å². The zero-order valence-corrected chi connectivity index (χ0v) is 14.4. The van der Waals surface area contributed by atoms with Crippen LogP contribution in [-0.4, -0.2) is 23.3 Å². The lowest BCUT2D eigenvalue weighted by molar-refractivity contribution is -0.118. The molecule has 0 radical (unpaired) electrons. The van der Waals surface area contributed by atoms with E-state index in [-0.39, 0.29) is 17.2 Å². The molecule has 1 atom stereocenters. The van der Waals surface area contributed by atoms with Gasteiger partial charge in [0.15, 0.2) is 5.78 Å². The Bertz CT molecular complexity index is 709. The zero-order valence-electron chi connectivity index (χ0n) is 13.6. The summed E-state index contributed by atoms with van der Waals surface area (Å²) in [4.78, 5) is 27.0. The van der Waals surface area contributed by atoms with Crippen LogP contribution in [0.5, 0.6) is 0 Å². The first kappa shape index (κ1) is 16.1. The van der Waals surface area contributed by atoms with E-state index in [0.717, 1.165) is 17.7 Å². The van der Waals surface area contributed by atoms with Crippen LogP contribution in [0.3, 0.4) is 0 Å². The van der Waals surface area contributed by atoms with Crippen LogP contribution in [0.4, 0.5) is 4.79 Å². The SMILES string of the molecule is CCN1C(=O)NC(c2ccccc2Cl)C2=C1CC(C)(C)CC2=O. The van der Waals surface area contributed by atoms with Crippen molar-refractivity contribution >= 4 is 23.4 Å². The molecule has 1 aliphatic heterocycles. The molecule has 1 aromatic carbocycles. The maximum absolute atomic E-state index is 12.8. The highest BCUT2D eigenvalue weighted by atomic mass is 35.5. The Morgan fingerprint density at radius 2 is 1.96 bits per heavy atom. The van der Waals surface area contributed by atoms with Crippen LogP contribution in [0.25, 0.3) is 0 Å². The number of allylic oxidation sites excluding steroid dienone is 1. The maximum Gasteiger partial charge on any atom is 0.322 e. The second-order valence-electron chi connectivity index (χ2n) is 6.95. The number of ketones is 1. The number of nitrogens with one attached hydrogen (secondary N) is 1. The Morgan fingerprint density at radius 3 is 2.61 bits per heavy atom. The quantitative estimate of drug-likeness (QED) is 0.887. The van der Waals surface area contributed by atoms with Gasteiger partial charge in [0.25, 0.3) is 0 Å². The highest BCUT2D eigenvalue weighted by Crippen LogP contribution is 2.44. The highest BCUT2D eigenvalue weighted by Gasteiger charge is 2.43. The van der Waals surface area contributed by atoms with Gasteiger partial charge in [-0.1, -0.05) is 43.6 Å². The van der Waals surface area contributed by atoms with E-state index in [1.807, 2.05) is 25.1 Å². The molecule has 0 spiro atoms. The fourth-order valence-corrected chi connectivity index (χ4v) is 3.79. The minimum atomic E-state index is -0.461. The van der Waals surface area contributed by atoms with Crippen molar-refractivity contribution in [3.63, 3.8) is 0 Å². The molecule has 2 aliphatic rings. The van der Waals surface area contributed by atoms with Gasteiger partial charge in [0, 0.05) is 29.3 Å². The molecule has 1 aliphatic carbocycles. The Balaban J connectivity index is 2.17. The normalized spacial score (nSPS) is 23.7. The molecule has 0 aromatic heterocycles. The first-order valence-corrected chi connectivity index (χ1v) is 8.30. The number of hydrogen-bond acceptors (Lipinski definition) is 2. The lowest BCUT2D eigenvalue weighted by Crippen LogP contribution is -2.50. The molecular weight excluding hydrogens is 312 g/mol. The Labute approximate surface area is 141 Å². The van der Waals surface area contributed by atoms with Crippen molar-refractivity contribution < 1.29 is 9.59 Å². The number of rotatable bonds is 2. The average Bonchev–Trinajstić information content (AvgIpc) is 2.45. The summed E-state index contributed by atoms with van der Waals surface area (Å²) in [6.07, 6.45) is 1.20. The van der Waals surface area contributed by atoms with Crippen molar-refractivity contribution in [1.82, 2.24) is 10.2 Å². The molecule has 0 saturated heterocycles. The monoisotopic (exact) mass is 332 g/mol. The number of carbonyl (C=O) groups excluding carboxylic acids is 2. The molecule has 122 valence electrons. The summed E-state index contributed by atoms with van der Waals surface area (Å²) in [5, 5.41) is 3.52. The lowest BCUT2D eigenvalue weighted by Gasteiger charge is -2.43. The van der Waals surface area contributed by atoms with Crippen LogP contribution in [0.2, 0.25) is 5.02 Å². The number of benzene rings is 1. The number of Topliss-reactive ketones (excluding diaryl/α,β-unsaturated/α-hetero) is 1. The molecular formula is C18H21ClN2O2. The smallest absolute Gasteiger partial charge is 0.322 e. The number of hydrogen-bond donors (Lipinski definition) is 1. The molecule has 2 amide bonds. The molecule has 1 N–H and O–H groups in total. The van der Waals surface area contributed by atoms with Crippen molar-refractivity contribution in [3.05, 3.63) is 46.1 Å². The van der Waals surface area contributed by atoms with Crippen molar-refractivity contribution in [2.24, 2.45) is 5.41 Å². The van der Waals surface area contributed by atoms with E-state index in [9.17, 15) is 9.59 Å². The van der Waals surface area contributed by atoms with Crippen LogP contribution >= 0.6 is 11.6 Å². The summed E-state index contributed by atoms with van der Waals surface area (Å²) in [5.41, 5.74) is 2.19. The van der Waals surface area contributed by atoms with Gasteiger partial charge >= 0.3 is 6.03 Å². The Hall–Kier alpha value is -1.81. The van der Waals surface area contributed by atoms with E-state index in [4.69, 9.17) is 11.6 Å². The molecule has 5 heteroatoms. The van der Waals surface area contributed by atoms with E-state index in [0.29, 0.717) is 23.6 Å². The molecule has 0 saturated carbocycles.